The molecule has 0 aromatic carbocycles. The van der Waals surface area contributed by atoms with Gasteiger partial charge in [-0.3, -0.25) is 4.79 Å². The van der Waals surface area contributed by atoms with Crippen LogP contribution in [0.4, 0.5) is 5.69 Å². The monoisotopic (exact) mass is 235 g/mol. The molecular formula is C11H13N3OS. The maximum Gasteiger partial charge on any atom is 0.188 e. The van der Waals surface area contributed by atoms with Crippen LogP contribution in [0.15, 0.2) is 6.07 Å². The van der Waals surface area contributed by atoms with E-state index in [0.29, 0.717) is 10.6 Å². The number of hydrogen-bond acceptors (Lipinski definition) is 5. The molecule has 0 saturated heterocycles. The van der Waals surface area contributed by atoms with E-state index in [1.807, 2.05) is 19.9 Å². The Bertz CT molecular complexity index is 574. The third-order valence-electron chi connectivity index (χ3n) is 2.46. The van der Waals surface area contributed by atoms with E-state index in [0.717, 1.165) is 21.5 Å². The molecule has 2 aromatic rings. The van der Waals surface area contributed by atoms with E-state index >= 15 is 0 Å². The highest BCUT2D eigenvalue weighted by molar-refractivity contribution is 7.21. The number of aromatic nitrogens is 1. The fourth-order valence-electron chi connectivity index (χ4n) is 1.77. The Balaban J connectivity index is 2.78. The van der Waals surface area contributed by atoms with E-state index in [4.69, 9.17) is 11.5 Å². The number of hydrogen-bond donors (Lipinski definition) is 2. The lowest BCUT2D eigenvalue weighted by Crippen LogP contribution is -2.13. The maximum absolute atomic E-state index is 11.6. The van der Waals surface area contributed by atoms with Crippen molar-refractivity contribution in [3.8, 4) is 0 Å². The molecule has 0 bridgehead atoms. The fourth-order valence-corrected chi connectivity index (χ4v) is 2.93. The number of nitrogen functional groups attached to an aromatic ring is 1. The SMILES string of the molecule is Cc1cc(C)c2c(N)c(C(=O)CN)sc2n1. The van der Waals surface area contributed by atoms with E-state index in [-0.39, 0.29) is 12.3 Å². The first-order chi connectivity index (χ1) is 7.54. The molecule has 0 aliphatic rings. The van der Waals surface area contributed by atoms with Crippen LogP contribution in [0.25, 0.3) is 10.2 Å². The molecule has 0 spiro atoms. The molecule has 16 heavy (non-hydrogen) atoms. The van der Waals surface area contributed by atoms with Crippen LogP contribution in [-0.2, 0) is 0 Å². The summed E-state index contributed by atoms with van der Waals surface area (Å²) in [5, 5.41) is 0.882. The van der Waals surface area contributed by atoms with Crippen LogP contribution in [-0.4, -0.2) is 17.3 Å². The number of rotatable bonds is 2. The molecule has 0 aliphatic heterocycles. The Kier molecular flexibility index (Phi) is 2.65. The number of aryl methyl sites for hydroxylation is 2. The number of carbonyl (C=O) groups excluding carboxylic acids is 1. The molecule has 2 aromatic heterocycles. The predicted molar refractivity (Wildman–Crippen MR) is 66.9 cm³/mol. The lowest BCUT2D eigenvalue weighted by molar-refractivity contribution is 0.101. The molecule has 0 amide bonds. The van der Waals surface area contributed by atoms with Crippen molar-refractivity contribution in [3.63, 3.8) is 0 Å². The number of carbonyl (C=O) groups is 1. The molecule has 2 heterocycles. The van der Waals surface area contributed by atoms with Gasteiger partial charge in [0.2, 0.25) is 0 Å². The van der Waals surface area contributed by atoms with Gasteiger partial charge in [-0.1, -0.05) is 0 Å². The molecule has 0 aliphatic carbocycles. The van der Waals surface area contributed by atoms with Crippen LogP contribution in [0.3, 0.4) is 0 Å². The van der Waals surface area contributed by atoms with E-state index in [9.17, 15) is 4.79 Å². The number of ketones is 1. The Morgan fingerprint density at radius 3 is 2.81 bits per heavy atom. The van der Waals surface area contributed by atoms with Crippen LogP contribution in [0.1, 0.15) is 20.9 Å². The zero-order chi connectivity index (χ0) is 11.9. The third-order valence-corrected chi connectivity index (χ3v) is 3.60. The molecule has 0 atom stereocenters. The summed E-state index contributed by atoms with van der Waals surface area (Å²) in [5.41, 5.74) is 13.8. The standard InChI is InChI=1S/C11H13N3OS/c1-5-3-6(2)14-11-8(5)9(13)10(16-11)7(15)4-12/h3H,4,12-13H2,1-2H3. The molecule has 0 radical (unpaired) electrons. The zero-order valence-electron chi connectivity index (χ0n) is 9.20. The van der Waals surface area contributed by atoms with Gasteiger partial charge in [-0.25, -0.2) is 4.98 Å². The molecule has 5 heteroatoms. The first kappa shape index (κ1) is 11.0. The van der Waals surface area contributed by atoms with Crippen molar-refractivity contribution in [1.29, 1.82) is 0 Å². The average Bonchev–Trinajstić information content (AvgIpc) is 2.54. The highest BCUT2D eigenvalue weighted by Gasteiger charge is 2.17. The van der Waals surface area contributed by atoms with Gasteiger partial charge < -0.3 is 11.5 Å². The molecule has 0 unspecified atom stereocenters. The minimum atomic E-state index is -0.127. The predicted octanol–water partition coefficient (Wildman–Crippen LogP) is 1.64. The smallest absolute Gasteiger partial charge is 0.188 e. The van der Waals surface area contributed by atoms with Gasteiger partial charge in [0, 0.05) is 11.1 Å². The van der Waals surface area contributed by atoms with Gasteiger partial charge in [0.1, 0.15) is 4.83 Å². The Morgan fingerprint density at radius 2 is 2.19 bits per heavy atom. The van der Waals surface area contributed by atoms with Crippen molar-refractivity contribution >= 4 is 33.0 Å². The van der Waals surface area contributed by atoms with E-state index in [1.165, 1.54) is 11.3 Å². The number of pyridine rings is 1. The van der Waals surface area contributed by atoms with Gasteiger partial charge in [-0.15, -0.1) is 11.3 Å². The molecule has 0 fully saturated rings. The zero-order valence-corrected chi connectivity index (χ0v) is 10.0. The second-order valence-electron chi connectivity index (χ2n) is 3.73. The maximum atomic E-state index is 11.6. The Labute approximate surface area is 97.3 Å². The largest absolute Gasteiger partial charge is 0.397 e. The van der Waals surface area contributed by atoms with Crippen molar-refractivity contribution in [2.45, 2.75) is 13.8 Å². The minimum absolute atomic E-state index is 0.0188. The second kappa shape index (κ2) is 3.84. The summed E-state index contributed by atoms with van der Waals surface area (Å²) < 4.78 is 0. The molecule has 0 saturated carbocycles. The number of thiophene rings is 1. The van der Waals surface area contributed by atoms with Crippen LogP contribution in [0, 0.1) is 13.8 Å². The van der Waals surface area contributed by atoms with Crippen LogP contribution >= 0.6 is 11.3 Å². The van der Waals surface area contributed by atoms with Gasteiger partial charge in [0.05, 0.1) is 17.1 Å². The summed E-state index contributed by atoms with van der Waals surface area (Å²) in [7, 11) is 0. The fraction of sp³-hybridized carbons (Fsp3) is 0.273. The number of anilines is 1. The average molecular weight is 235 g/mol. The van der Waals surface area contributed by atoms with E-state index in [2.05, 4.69) is 4.98 Å². The van der Waals surface area contributed by atoms with Gasteiger partial charge in [0.15, 0.2) is 5.78 Å². The quantitative estimate of drug-likeness (QED) is 0.775. The van der Waals surface area contributed by atoms with Gasteiger partial charge in [0.25, 0.3) is 0 Å². The molecule has 4 nitrogen and oxygen atoms in total. The minimum Gasteiger partial charge on any atom is -0.397 e. The Morgan fingerprint density at radius 1 is 1.50 bits per heavy atom. The number of fused-ring (bicyclic) bond motifs is 1. The van der Waals surface area contributed by atoms with Crippen LogP contribution < -0.4 is 11.5 Å². The van der Waals surface area contributed by atoms with Crippen molar-refractivity contribution in [1.82, 2.24) is 4.98 Å². The summed E-state index contributed by atoms with van der Waals surface area (Å²) in [6.45, 7) is 3.87. The lowest BCUT2D eigenvalue weighted by Gasteiger charge is -1.99. The first-order valence-corrected chi connectivity index (χ1v) is 5.75. The highest BCUT2D eigenvalue weighted by atomic mass is 32.1. The second-order valence-corrected chi connectivity index (χ2v) is 4.73. The topological polar surface area (TPSA) is 82.0 Å². The van der Waals surface area contributed by atoms with Crippen LogP contribution in [0.5, 0.6) is 0 Å². The van der Waals surface area contributed by atoms with E-state index in [1.54, 1.807) is 0 Å². The molecule has 4 N–H and O–H groups in total. The van der Waals surface area contributed by atoms with Crippen molar-refractivity contribution in [2.75, 3.05) is 12.3 Å². The number of nitrogens with two attached hydrogens (primary N) is 2. The summed E-state index contributed by atoms with van der Waals surface area (Å²) in [6.07, 6.45) is 0. The molecular weight excluding hydrogens is 222 g/mol. The van der Waals surface area contributed by atoms with Crippen molar-refractivity contribution in [2.24, 2.45) is 5.73 Å². The van der Waals surface area contributed by atoms with Gasteiger partial charge in [-0.05, 0) is 25.5 Å². The first-order valence-electron chi connectivity index (χ1n) is 4.94. The highest BCUT2D eigenvalue weighted by Crippen LogP contribution is 2.34. The summed E-state index contributed by atoms with van der Waals surface area (Å²) in [5.74, 6) is -0.127. The Hall–Kier alpha value is -1.46. The van der Waals surface area contributed by atoms with Crippen molar-refractivity contribution < 1.29 is 4.79 Å². The number of Topliss-reactive ketones (excluding diaryl/α,β-unsaturated/α-hetero) is 1. The van der Waals surface area contributed by atoms with E-state index < -0.39 is 0 Å². The molecule has 2 rings (SSSR count). The molecule has 84 valence electrons. The normalized spacial score (nSPS) is 10.9. The summed E-state index contributed by atoms with van der Waals surface area (Å²) in [4.78, 5) is 17.3. The van der Waals surface area contributed by atoms with Gasteiger partial charge in [-0.2, -0.15) is 0 Å². The van der Waals surface area contributed by atoms with Crippen molar-refractivity contribution in [3.05, 3.63) is 22.2 Å². The summed E-state index contributed by atoms with van der Waals surface area (Å²) in [6, 6.07) is 1.96. The summed E-state index contributed by atoms with van der Waals surface area (Å²) >= 11 is 1.32. The third kappa shape index (κ3) is 1.58. The number of nitrogens with zero attached hydrogens (tertiary/aromatic N) is 1. The lowest BCUT2D eigenvalue weighted by atomic mass is 10.1. The van der Waals surface area contributed by atoms with Gasteiger partial charge >= 0.3 is 0 Å². The van der Waals surface area contributed by atoms with Crippen LogP contribution in [0.2, 0.25) is 0 Å².